The van der Waals surface area contributed by atoms with Crippen molar-refractivity contribution in [1.29, 1.82) is 0 Å². The summed E-state index contributed by atoms with van der Waals surface area (Å²) in [5.74, 6) is -0.985. The maximum atomic E-state index is 12.0. The fraction of sp³-hybridized carbons (Fsp3) is 0.895. The Labute approximate surface area is 178 Å². The summed E-state index contributed by atoms with van der Waals surface area (Å²) in [6, 6.07) is 0. The third-order valence-electron chi connectivity index (χ3n) is 4.01. The summed E-state index contributed by atoms with van der Waals surface area (Å²) in [5, 5.41) is 17.9. The van der Waals surface area contributed by atoms with Crippen molar-refractivity contribution in [2.45, 2.75) is 83.8 Å². The van der Waals surface area contributed by atoms with Crippen LogP contribution in [0, 0.1) is 0 Å². The van der Waals surface area contributed by atoms with Crippen LogP contribution >= 0.6 is 7.82 Å². The first kappa shape index (κ1) is 29.0. The zero-order valence-electron chi connectivity index (χ0n) is 18.0. The molecule has 0 aromatic rings. The lowest BCUT2D eigenvalue weighted by atomic mass is 10.1. The summed E-state index contributed by atoms with van der Waals surface area (Å²) in [4.78, 5) is 33.4. The Bertz CT molecular complexity index is 514. The second kappa shape index (κ2) is 17.6. The lowest BCUT2D eigenvalue weighted by Crippen LogP contribution is -2.29. The molecule has 178 valence electrons. The van der Waals surface area contributed by atoms with Gasteiger partial charge in [-0.05, 0) is 12.8 Å². The molecule has 0 radical (unpaired) electrons. The summed E-state index contributed by atoms with van der Waals surface area (Å²) in [6.45, 7) is 1.91. The normalized spacial score (nSPS) is 15.2. The van der Waals surface area contributed by atoms with E-state index in [4.69, 9.17) is 19.1 Å². The van der Waals surface area contributed by atoms with Crippen molar-refractivity contribution in [3.8, 4) is 0 Å². The molecule has 0 aromatic heterocycles. The van der Waals surface area contributed by atoms with Crippen LogP contribution in [0.25, 0.3) is 0 Å². The molecule has 3 N–H and O–H groups in total. The van der Waals surface area contributed by atoms with Gasteiger partial charge in [-0.2, -0.15) is 0 Å². The number of rotatable bonds is 19. The van der Waals surface area contributed by atoms with Crippen molar-refractivity contribution in [3.63, 3.8) is 0 Å². The van der Waals surface area contributed by atoms with E-state index in [1.165, 1.54) is 0 Å². The molecule has 0 bridgehead atoms. The van der Waals surface area contributed by atoms with E-state index >= 15 is 0 Å². The van der Waals surface area contributed by atoms with Gasteiger partial charge in [0.2, 0.25) is 0 Å². The van der Waals surface area contributed by atoms with E-state index in [-0.39, 0.29) is 19.4 Å². The molecule has 3 atom stereocenters. The number of aliphatic hydroxyl groups is 2. The van der Waals surface area contributed by atoms with Gasteiger partial charge in [0.15, 0.2) is 6.10 Å². The second-order valence-corrected chi connectivity index (χ2v) is 8.41. The van der Waals surface area contributed by atoms with E-state index in [9.17, 15) is 24.2 Å². The largest absolute Gasteiger partial charge is 0.472 e. The third-order valence-corrected chi connectivity index (χ3v) is 4.96. The summed E-state index contributed by atoms with van der Waals surface area (Å²) < 4.78 is 31.5. The molecule has 0 aromatic carbocycles. The SMILES string of the molecule is CCCCCCCC(=O)O[C@@H](COC(=O)CCCC)COP(=O)(O)OC[C@@H](O)CO. The van der Waals surface area contributed by atoms with Crippen LogP contribution in [0.3, 0.4) is 0 Å². The number of carbonyl (C=O) groups excluding carboxylic acids is 2. The lowest BCUT2D eigenvalue weighted by molar-refractivity contribution is -0.161. The van der Waals surface area contributed by atoms with Gasteiger partial charge >= 0.3 is 19.8 Å². The average molecular weight is 456 g/mol. The van der Waals surface area contributed by atoms with Gasteiger partial charge in [0.05, 0.1) is 19.8 Å². The summed E-state index contributed by atoms with van der Waals surface area (Å²) in [5.41, 5.74) is 0. The van der Waals surface area contributed by atoms with Gasteiger partial charge in [-0.3, -0.25) is 18.6 Å². The average Bonchev–Trinajstić information content (AvgIpc) is 2.72. The number of carbonyl (C=O) groups is 2. The van der Waals surface area contributed by atoms with Gasteiger partial charge in [-0.15, -0.1) is 0 Å². The zero-order valence-corrected chi connectivity index (χ0v) is 18.9. The molecule has 0 aliphatic rings. The minimum atomic E-state index is -4.56. The molecule has 0 saturated carbocycles. The highest BCUT2D eigenvalue weighted by Crippen LogP contribution is 2.43. The molecule has 0 aliphatic heterocycles. The summed E-state index contributed by atoms with van der Waals surface area (Å²) in [7, 11) is -4.56. The molecular formula is C19H37O10P. The van der Waals surface area contributed by atoms with Crippen LogP contribution in [-0.4, -0.2) is 65.7 Å². The van der Waals surface area contributed by atoms with E-state index in [1.807, 2.05) is 6.92 Å². The highest BCUT2D eigenvalue weighted by molar-refractivity contribution is 7.47. The van der Waals surface area contributed by atoms with E-state index < -0.39 is 51.8 Å². The molecule has 0 amide bonds. The van der Waals surface area contributed by atoms with Crippen molar-refractivity contribution >= 4 is 19.8 Å². The van der Waals surface area contributed by atoms with Crippen LogP contribution in [-0.2, 0) is 32.7 Å². The molecule has 30 heavy (non-hydrogen) atoms. The Morgan fingerprint density at radius 2 is 1.47 bits per heavy atom. The number of esters is 2. The molecule has 11 heteroatoms. The maximum absolute atomic E-state index is 12.0. The summed E-state index contributed by atoms with van der Waals surface area (Å²) in [6.07, 6.45) is 4.21. The quantitative estimate of drug-likeness (QED) is 0.150. The van der Waals surface area contributed by atoms with Crippen LogP contribution in [0.4, 0.5) is 0 Å². The first-order valence-corrected chi connectivity index (χ1v) is 12.0. The Morgan fingerprint density at radius 3 is 2.10 bits per heavy atom. The van der Waals surface area contributed by atoms with Gasteiger partial charge in [0.25, 0.3) is 0 Å². The zero-order chi connectivity index (χ0) is 22.8. The maximum Gasteiger partial charge on any atom is 0.472 e. The highest BCUT2D eigenvalue weighted by Gasteiger charge is 2.27. The first-order valence-electron chi connectivity index (χ1n) is 10.5. The predicted molar refractivity (Wildman–Crippen MR) is 109 cm³/mol. The van der Waals surface area contributed by atoms with Gasteiger partial charge in [0, 0.05) is 12.8 Å². The van der Waals surface area contributed by atoms with Crippen molar-refractivity contribution < 1.29 is 47.8 Å². The van der Waals surface area contributed by atoms with Crippen LogP contribution in [0.5, 0.6) is 0 Å². The fourth-order valence-electron chi connectivity index (χ4n) is 2.26. The minimum absolute atomic E-state index is 0.181. The number of phosphoric acid groups is 1. The van der Waals surface area contributed by atoms with E-state index in [2.05, 4.69) is 11.4 Å². The molecule has 0 aliphatic carbocycles. The van der Waals surface area contributed by atoms with Gasteiger partial charge in [0.1, 0.15) is 12.7 Å². The first-order chi connectivity index (χ1) is 14.2. The fourth-order valence-corrected chi connectivity index (χ4v) is 3.05. The molecular weight excluding hydrogens is 419 g/mol. The van der Waals surface area contributed by atoms with Crippen LogP contribution in [0.15, 0.2) is 0 Å². The molecule has 0 heterocycles. The molecule has 0 fully saturated rings. The lowest BCUT2D eigenvalue weighted by Gasteiger charge is -2.20. The van der Waals surface area contributed by atoms with E-state index in [0.717, 1.165) is 32.1 Å². The van der Waals surface area contributed by atoms with Crippen LogP contribution in [0.2, 0.25) is 0 Å². The molecule has 0 saturated heterocycles. The minimum Gasteiger partial charge on any atom is -0.462 e. The summed E-state index contributed by atoms with van der Waals surface area (Å²) >= 11 is 0. The topological polar surface area (TPSA) is 149 Å². The van der Waals surface area contributed by atoms with Gasteiger partial charge in [-0.25, -0.2) is 4.57 Å². The van der Waals surface area contributed by atoms with Crippen LogP contribution < -0.4 is 0 Å². The van der Waals surface area contributed by atoms with Crippen molar-refractivity contribution in [2.24, 2.45) is 0 Å². The molecule has 10 nitrogen and oxygen atoms in total. The monoisotopic (exact) mass is 456 g/mol. The number of phosphoric ester groups is 1. The number of aliphatic hydroxyl groups excluding tert-OH is 2. The molecule has 1 unspecified atom stereocenters. The Morgan fingerprint density at radius 1 is 0.867 bits per heavy atom. The number of ether oxygens (including phenoxy) is 2. The van der Waals surface area contributed by atoms with Crippen molar-refractivity contribution in [1.82, 2.24) is 0 Å². The Balaban J connectivity index is 4.60. The number of hydrogen-bond donors (Lipinski definition) is 3. The van der Waals surface area contributed by atoms with Crippen molar-refractivity contribution in [2.75, 3.05) is 26.4 Å². The molecule has 0 rings (SSSR count). The van der Waals surface area contributed by atoms with Gasteiger partial charge in [-0.1, -0.05) is 46.0 Å². The van der Waals surface area contributed by atoms with E-state index in [0.29, 0.717) is 12.8 Å². The predicted octanol–water partition coefficient (Wildman–Crippen LogP) is 2.48. The number of unbranched alkanes of at least 4 members (excludes halogenated alkanes) is 5. The highest BCUT2D eigenvalue weighted by atomic mass is 31.2. The number of hydrogen-bond acceptors (Lipinski definition) is 9. The Hall–Kier alpha value is -1.03. The van der Waals surface area contributed by atoms with Crippen molar-refractivity contribution in [3.05, 3.63) is 0 Å². The second-order valence-electron chi connectivity index (χ2n) is 6.96. The van der Waals surface area contributed by atoms with Gasteiger partial charge < -0.3 is 24.6 Å². The molecule has 0 spiro atoms. The smallest absolute Gasteiger partial charge is 0.462 e. The Kier molecular flexibility index (Phi) is 17.0. The standard InChI is InChI=1S/C19H37O10P/c1-3-5-7-8-9-11-19(23)29-17(14-26-18(22)10-6-4-2)15-28-30(24,25)27-13-16(21)12-20/h16-17,20-21H,3-15H2,1-2H3,(H,24,25)/t16-,17-/m0/s1. The van der Waals surface area contributed by atoms with Crippen LogP contribution in [0.1, 0.15) is 71.6 Å². The third kappa shape index (κ3) is 16.7. The van der Waals surface area contributed by atoms with E-state index in [1.54, 1.807) is 0 Å².